The van der Waals surface area contributed by atoms with Crippen molar-refractivity contribution in [2.24, 2.45) is 11.7 Å². The van der Waals surface area contributed by atoms with Gasteiger partial charge in [-0.15, -0.1) is 0 Å². The number of hydrogen-bond acceptors (Lipinski definition) is 6. The standard InChI is InChI=1S/C20H28N6O2S/c1-11(2)20(4,5)17-22-9-8-13(24-17)15-12(3)23-18(29-15)25-19(28)26-10-6-7-14(26)16(21)27/h8-9,11,14H,6-7,10H2,1-5H3,(H2,21,27)(H,23,25,28)/t14-/m0/s1. The van der Waals surface area contributed by atoms with Gasteiger partial charge in [0.25, 0.3) is 0 Å². The Morgan fingerprint density at radius 2 is 2.07 bits per heavy atom. The molecule has 1 aliphatic heterocycles. The van der Waals surface area contributed by atoms with E-state index >= 15 is 0 Å². The number of hydrogen-bond donors (Lipinski definition) is 2. The van der Waals surface area contributed by atoms with E-state index in [1.54, 1.807) is 6.20 Å². The first-order valence-corrected chi connectivity index (χ1v) is 10.6. The third-order valence-electron chi connectivity index (χ3n) is 5.76. The summed E-state index contributed by atoms with van der Waals surface area (Å²) in [5.41, 5.74) is 6.81. The minimum Gasteiger partial charge on any atom is -0.368 e. The lowest BCUT2D eigenvalue weighted by atomic mass is 9.80. The average Bonchev–Trinajstić information content (AvgIpc) is 3.28. The molecule has 9 heteroatoms. The monoisotopic (exact) mass is 416 g/mol. The number of carbonyl (C=O) groups is 2. The highest BCUT2D eigenvalue weighted by Crippen LogP contribution is 2.34. The summed E-state index contributed by atoms with van der Waals surface area (Å²) in [5, 5.41) is 3.28. The molecule has 3 rings (SSSR count). The van der Waals surface area contributed by atoms with Crippen molar-refractivity contribution in [3.8, 4) is 10.6 Å². The van der Waals surface area contributed by atoms with Crippen LogP contribution in [0, 0.1) is 12.8 Å². The van der Waals surface area contributed by atoms with Gasteiger partial charge < -0.3 is 10.6 Å². The van der Waals surface area contributed by atoms with Crippen molar-refractivity contribution in [1.82, 2.24) is 19.9 Å². The number of urea groups is 1. The minimum absolute atomic E-state index is 0.162. The molecular weight excluding hydrogens is 388 g/mol. The quantitative estimate of drug-likeness (QED) is 0.776. The van der Waals surface area contributed by atoms with Gasteiger partial charge in [0.05, 0.1) is 16.3 Å². The second-order valence-electron chi connectivity index (χ2n) is 8.26. The molecule has 3 heterocycles. The molecule has 1 fully saturated rings. The number of aromatic nitrogens is 3. The number of thiazole rings is 1. The van der Waals surface area contributed by atoms with Gasteiger partial charge in [0.2, 0.25) is 5.91 Å². The Kier molecular flexibility index (Phi) is 5.88. The van der Waals surface area contributed by atoms with Gasteiger partial charge in [0, 0.05) is 18.2 Å². The van der Waals surface area contributed by atoms with Gasteiger partial charge in [-0.25, -0.2) is 19.7 Å². The van der Waals surface area contributed by atoms with Gasteiger partial charge in [-0.05, 0) is 31.7 Å². The fourth-order valence-corrected chi connectivity index (χ4v) is 4.14. The number of nitrogens with zero attached hydrogens (tertiary/aromatic N) is 4. The Morgan fingerprint density at radius 1 is 1.34 bits per heavy atom. The number of likely N-dealkylation sites (tertiary alicyclic amines) is 1. The molecule has 1 atom stereocenters. The number of amides is 3. The lowest BCUT2D eigenvalue weighted by Gasteiger charge is -2.27. The predicted molar refractivity (Wildman–Crippen MR) is 114 cm³/mol. The van der Waals surface area contributed by atoms with E-state index in [0.29, 0.717) is 24.0 Å². The topological polar surface area (TPSA) is 114 Å². The molecule has 0 unspecified atom stereocenters. The maximum Gasteiger partial charge on any atom is 0.324 e. The molecule has 2 aromatic heterocycles. The van der Waals surface area contributed by atoms with Crippen LogP contribution in [0.2, 0.25) is 0 Å². The predicted octanol–water partition coefficient (Wildman–Crippen LogP) is 3.32. The first-order chi connectivity index (χ1) is 13.6. The molecule has 1 aliphatic rings. The van der Waals surface area contributed by atoms with Crippen LogP contribution in [0.3, 0.4) is 0 Å². The molecule has 0 aromatic carbocycles. The van der Waals surface area contributed by atoms with Crippen LogP contribution in [-0.4, -0.2) is 44.4 Å². The van der Waals surface area contributed by atoms with Crippen LogP contribution >= 0.6 is 11.3 Å². The summed E-state index contributed by atoms with van der Waals surface area (Å²) in [6, 6.07) is 0.949. The van der Waals surface area contributed by atoms with Crippen LogP contribution in [0.1, 0.15) is 52.1 Å². The Morgan fingerprint density at radius 3 is 2.72 bits per heavy atom. The van der Waals surface area contributed by atoms with Gasteiger partial charge in [-0.2, -0.15) is 0 Å². The third-order valence-corrected chi connectivity index (χ3v) is 6.86. The fraction of sp³-hybridized carbons (Fsp3) is 0.550. The summed E-state index contributed by atoms with van der Waals surface area (Å²) in [7, 11) is 0. The third kappa shape index (κ3) is 4.24. The summed E-state index contributed by atoms with van der Waals surface area (Å²) in [4.78, 5) is 40.2. The highest BCUT2D eigenvalue weighted by atomic mass is 32.1. The van der Waals surface area contributed by atoms with E-state index in [2.05, 4.69) is 43.0 Å². The Hall–Kier alpha value is -2.55. The Bertz CT molecular complexity index is 923. The van der Waals surface area contributed by atoms with Crippen molar-refractivity contribution in [2.75, 3.05) is 11.9 Å². The van der Waals surface area contributed by atoms with Crippen LogP contribution in [-0.2, 0) is 10.2 Å². The molecule has 0 bridgehead atoms. The van der Waals surface area contributed by atoms with E-state index in [1.807, 2.05) is 13.0 Å². The maximum atomic E-state index is 12.6. The zero-order valence-electron chi connectivity index (χ0n) is 17.5. The molecule has 156 valence electrons. The van der Waals surface area contributed by atoms with E-state index in [-0.39, 0.29) is 11.4 Å². The molecule has 3 amide bonds. The van der Waals surface area contributed by atoms with Crippen molar-refractivity contribution in [3.63, 3.8) is 0 Å². The Balaban J connectivity index is 1.83. The number of nitrogens with one attached hydrogen (secondary N) is 1. The first-order valence-electron chi connectivity index (χ1n) is 9.79. The van der Waals surface area contributed by atoms with E-state index in [9.17, 15) is 9.59 Å². The van der Waals surface area contributed by atoms with Crippen molar-refractivity contribution >= 4 is 28.4 Å². The van der Waals surface area contributed by atoms with Gasteiger partial charge in [0.1, 0.15) is 11.9 Å². The number of primary amides is 1. The molecule has 0 spiro atoms. The highest BCUT2D eigenvalue weighted by molar-refractivity contribution is 7.19. The van der Waals surface area contributed by atoms with E-state index < -0.39 is 11.9 Å². The molecule has 2 aromatic rings. The van der Waals surface area contributed by atoms with Crippen molar-refractivity contribution in [3.05, 3.63) is 23.8 Å². The average molecular weight is 417 g/mol. The molecule has 3 N–H and O–H groups in total. The molecular formula is C20H28N6O2S. The number of carbonyl (C=O) groups excluding carboxylic acids is 2. The largest absolute Gasteiger partial charge is 0.368 e. The minimum atomic E-state index is -0.557. The summed E-state index contributed by atoms with van der Waals surface area (Å²) in [5.74, 6) is 0.688. The number of rotatable bonds is 5. The van der Waals surface area contributed by atoms with Crippen molar-refractivity contribution in [2.45, 2.75) is 58.9 Å². The number of aryl methyl sites for hydroxylation is 1. The first kappa shape index (κ1) is 21.2. The van der Waals surface area contributed by atoms with Gasteiger partial charge in [0.15, 0.2) is 5.13 Å². The van der Waals surface area contributed by atoms with Crippen LogP contribution in [0.15, 0.2) is 12.3 Å². The number of anilines is 1. The second kappa shape index (κ2) is 8.06. The normalized spacial score (nSPS) is 17.0. The molecule has 29 heavy (non-hydrogen) atoms. The van der Waals surface area contributed by atoms with Crippen LogP contribution < -0.4 is 11.1 Å². The van der Waals surface area contributed by atoms with Crippen LogP contribution in [0.5, 0.6) is 0 Å². The summed E-state index contributed by atoms with van der Waals surface area (Å²) >= 11 is 1.36. The van der Waals surface area contributed by atoms with Gasteiger partial charge in [-0.1, -0.05) is 39.0 Å². The van der Waals surface area contributed by atoms with Crippen molar-refractivity contribution in [1.29, 1.82) is 0 Å². The summed E-state index contributed by atoms with van der Waals surface area (Å²) < 4.78 is 0. The van der Waals surface area contributed by atoms with Crippen molar-refractivity contribution < 1.29 is 9.59 Å². The van der Waals surface area contributed by atoms with Crippen LogP contribution in [0.4, 0.5) is 9.93 Å². The highest BCUT2D eigenvalue weighted by Gasteiger charge is 2.33. The zero-order valence-corrected chi connectivity index (χ0v) is 18.3. The van der Waals surface area contributed by atoms with Gasteiger partial charge in [-0.3, -0.25) is 10.1 Å². The maximum absolute atomic E-state index is 12.6. The van der Waals surface area contributed by atoms with E-state index in [4.69, 9.17) is 10.7 Å². The zero-order chi connectivity index (χ0) is 21.3. The molecule has 0 aliphatic carbocycles. The SMILES string of the molecule is Cc1nc(NC(=O)N2CCC[C@H]2C(N)=O)sc1-c1ccnc(C(C)(C)C(C)C)n1. The van der Waals surface area contributed by atoms with Gasteiger partial charge >= 0.3 is 6.03 Å². The van der Waals surface area contributed by atoms with E-state index in [1.165, 1.54) is 16.2 Å². The molecule has 1 saturated heterocycles. The lowest BCUT2D eigenvalue weighted by Crippen LogP contribution is -2.45. The smallest absolute Gasteiger partial charge is 0.324 e. The second-order valence-corrected chi connectivity index (χ2v) is 9.26. The lowest BCUT2D eigenvalue weighted by molar-refractivity contribution is -0.121. The van der Waals surface area contributed by atoms with Crippen LogP contribution in [0.25, 0.3) is 10.6 Å². The molecule has 0 saturated carbocycles. The van der Waals surface area contributed by atoms with E-state index in [0.717, 1.165) is 28.5 Å². The fourth-order valence-electron chi connectivity index (χ4n) is 3.21. The molecule has 0 radical (unpaired) electrons. The number of nitrogens with two attached hydrogens (primary N) is 1. The summed E-state index contributed by atoms with van der Waals surface area (Å²) in [6.45, 7) is 11.0. The summed E-state index contributed by atoms with van der Waals surface area (Å²) in [6.07, 6.45) is 3.12. The Labute approximate surface area is 174 Å². The molecule has 8 nitrogen and oxygen atoms in total.